The standard InChI is InChI=1S/C13H14O3/c1-9(15)10-3-2-4-11(7-10)13-6-5-12(8-14)16-13/h2-7,9,14-15H,8H2,1H3/t9-/m1/s1. The summed E-state index contributed by atoms with van der Waals surface area (Å²) in [6.45, 7) is 1.62. The maximum Gasteiger partial charge on any atom is 0.134 e. The van der Waals surface area contributed by atoms with Crippen molar-refractivity contribution < 1.29 is 14.6 Å². The molecule has 0 radical (unpaired) electrons. The molecule has 1 aromatic carbocycles. The van der Waals surface area contributed by atoms with Crippen LogP contribution in [0.4, 0.5) is 0 Å². The molecule has 1 aromatic heterocycles. The van der Waals surface area contributed by atoms with Crippen LogP contribution < -0.4 is 0 Å². The van der Waals surface area contributed by atoms with E-state index in [9.17, 15) is 5.11 Å². The van der Waals surface area contributed by atoms with Crippen LogP contribution in [-0.2, 0) is 6.61 Å². The van der Waals surface area contributed by atoms with Crippen molar-refractivity contribution in [2.75, 3.05) is 0 Å². The third kappa shape index (κ3) is 2.15. The van der Waals surface area contributed by atoms with Crippen molar-refractivity contribution in [2.45, 2.75) is 19.6 Å². The van der Waals surface area contributed by atoms with Crippen LogP contribution in [0, 0.1) is 0 Å². The number of benzene rings is 1. The van der Waals surface area contributed by atoms with Gasteiger partial charge in [0.15, 0.2) is 0 Å². The highest BCUT2D eigenvalue weighted by molar-refractivity contribution is 5.58. The zero-order valence-electron chi connectivity index (χ0n) is 9.05. The van der Waals surface area contributed by atoms with Gasteiger partial charge in [0, 0.05) is 5.56 Å². The molecular formula is C13H14O3. The van der Waals surface area contributed by atoms with Crippen LogP contribution >= 0.6 is 0 Å². The van der Waals surface area contributed by atoms with E-state index in [1.54, 1.807) is 13.0 Å². The number of hydrogen-bond acceptors (Lipinski definition) is 3. The first-order valence-corrected chi connectivity index (χ1v) is 5.18. The van der Waals surface area contributed by atoms with Crippen LogP contribution in [0.25, 0.3) is 11.3 Å². The summed E-state index contributed by atoms with van der Waals surface area (Å²) < 4.78 is 5.42. The van der Waals surface area contributed by atoms with Gasteiger partial charge in [0.25, 0.3) is 0 Å². The Morgan fingerprint density at radius 2 is 2.06 bits per heavy atom. The molecule has 1 heterocycles. The van der Waals surface area contributed by atoms with E-state index in [0.717, 1.165) is 11.1 Å². The number of aliphatic hydroxyl groups is 2. The Morgan fingerprint density at radius 1 is 1.25 bits per heavy atom. The van der Waals surface area contributed by atoms with E-state index >= 15 is 0 Å². The molecule has 0 aliphatic carbocycles. The molecule has 2 aromatic rings. The highest BCUT2D eigenvalue weighted by Gasteiger charge is 2.06. The van der Waals surface area contributed by atoms with E-state index in [1.165, 1.54) is 0 Å². The highest BCUT2D eigenvalue weighted by Crippen LogP contribution is 2.25. The van der Waals surface area contributed by atoms with Crippen molar-refractivity contribution in [1.82, 2.24) is 0 Å². The lowest BCUT2D eigenvalue weighted by Crippen LogP contribution is -1.90. The van der Waals surface area contributed by atoms with Crippen LogP contribution in [0.3, 0.4) is 0 Å². The third-order valence-electron chi connectivity index (χ3n) is 2.47. The second-order valence-corrected chi connectivity index (χ2v) is 3.73. The molecule has 0 aliphatic rings. The minimum absolute atomic E-state index is 0.101. The summed E-state index contributed by atoms with van der Waals surface area (Å²) >= 11 is 0. The largest absolute Gasteiger partial charge is 0.459 e. The van der Waals surface area contributed by atoms with Crippen LogP contribution in [0.1, 0.15) is 24.4 Å². The Bertz CT molecular complexity index is 472. The normalized spacial score (nSPS) is 12.7. The first kappa shape index (κ1) is 10.9. The van der Waals surface area contributed by atoms with Gasteiger partial charge in [-0.2, -0.15) is 0 Å². The summed E-state index contributed by atoms with van der Waals surface area (Å²) in [7, 11) is 0. The maximum absolute atomic E-state index is 9.48. The molecule has 0 saturated carbocycles. The molecule has 0 spiro atoms. The number of furan rings is 1. The van der Waals surface area contributed by atoms with Crippen LogP contribution in [0.5, 0.6) is 0 Å². The lowest BCUT2D eigenvalue weighted by molar-refractivity contribution is 0.199. The molecule has 3 nitrogen and oxygen atoms in total. The van der Waals surface area contributed by atoms with Gasteiger partial charge >= 0.3 is 0 Å². The first-order chi connectivity index (χ1) is 7.70. The molecule has 2 rings (SSSR count). The van der Waals surface area contributed by atoms with Crippen molar-refractivity contribution >= 4 is 0 Å². The summed E-state index contributed by atoms with van der Waals surface area (Å²) in [6.07, 6.45) is -0.493. The van der Waals surface area contributed by atoms with E-state index in [0.29, 0.717) is 11.5 Å². The Balaban J connectivity index is 2.36. The van der Waals surface area contributed by atoms with Crippen LogP contribution in [-0.4, -0.2) is 10.2 Å². The molecule has 2 N–H and O–H groups in total. The number of aliphatic hydroxyl groups excluding tert-OH is 2. The minimum Gasteiger partial charge on any atom is -0.459 e. The maximum atomic E-state index is 9.48. The summed E-state index contributed by atoms with van der Waals surface area (Å²) in [5.41, 5.74) is 1.75. The van der Waals surface area contributed by atoms with Gasteiger partial charge in [0.1, 0.15) is 18.1 Å². The quantitative estimate of drug-likeness (QED) is 0.832. The van der Waals surface area contributed by atoms with Crippen molar-refractivity contribution in [3.8, 4) is 11.3 Å². The van der Waals surface area contributed by atoms with Crippen molar-refractivity contribution in [3.63, 3.8) is 0 Å². The van der Waals surface area contributed by atoms with E-state index in [-0.39, 0.29) is 6.61 Å². The fraction of sp³-hybridized carbons (Fsp3) is 0.231. The average molecular weight is 218 g/mol. The fourth-order valence-electron chi connectivity index (χ4n) is 1.57. The Morgan fingerprint density at radius 3 is 2.69 bits per heavy atom. The second-order valence-electron chi connectivity index (χ2n) is 3.73. The van der Waals surface area contributed by atoms with Gasteiger partial charge in [-0.05, 0) is 30.7 Å². The zero-order chi connectivity index (χ0) is 11.5. The molecule has 0 aliphatic heterocycles. The lowest BCUT2D eigenvalue weighted by atomic mass is 10.1. The molecule has 84 valence electrons. The molecule has 0 bridgehead atoms. The Labute approximate surface area is 94.0 Å². The van der Waals surface area contributed by atoms with E-state index in [4.69, 9.17) is 9.52 Å². The van der Waals surface area contributed by atoms with Crippen molar-refractivity contribution in [3.05, 3.63) is 47.7 Å². The molecule has 0 unspecified atom stereocenters. The SMILES string of the molecule is C[C@@H](O)c1cccc(-c2ccc(CO)o2)c1. The van der Waals surface area contributed by atoms with Gasteiger partial charge in [-0.25, -0.2) is 0 Å². The van der Waals surface area contributed by atoms with Gasteiger partial charge in [0.05, 0.1) is 6.10 Å². The fourth-order valence-corrected chi connectivity index (χ4v) is 1.57. The molecule has 0 amide bonds. The molecule has 3 heteroatoms. The van der Waals surface area contributed by atoms with E-state index in [2.05, 4.69) is 0 Å². The molecule has 0 fully saturated rings. The highest BCUT2D eigenvalue weighted by atomic mass is 16.4. The van der Waals surface area contributed by atoms with Gasteiger partial charge in [-0.3, -0.25) is 0 Å². The first-order valence-electron chi connectivity index (χ1n) is 5.18. The van der Waals surface area contributed by atoms with Crippen molar-refractivity contribution in [1.29, 1.82) is 0 Å². The smallest absolute Gasteiger partial charge is 0.134 e. The summed E-state index contributed by atoms with van der Waals surface area (Å²) in [5, 5.41) is 18.4. The number of rotatable bonds is 3. The molecule has 16 heavy (non-hydrogen) atoms. The molecular weight excluding hydrogens is 204 g/mol. The molecule has 0 saturated heterocycles. The van der Waals surface area contributed by atoms with Crippen LogP contribution in [0.2, 0.25) is 0 Å². The average Bonchev–Trinajstić information content (AvgIpc) is 2.77. The summed E-state index contributed by atoms with van der Waals surface area (Å²) in [6, 6.07) is 11.1. The molecule has 1 atom stereocenters. The Kier molecular flexibility index (Phi) is 3.08. The van der Waals surface area contributed by atoms with Gasteiger partial charge < -0.3 is 14.6 Å². The minimum atomic E-state index is -0.493. The Hall–Kier alpha value is -1.58. The topological polar surface area (TPSA) is 53.6 Å². The van der Waals surface area contributed by atoms with Gasteiger partial charge in [-0.15, -0.1) is 0 Å². The predicted molar refractivity (Wildman–Crippen MR) is 60.7 cm³/mol. The van der Waals surface area contributed by atoms with Crippen molar-refractivity contribution in [2.24, 2.45) is 0 Å². The summed E-state index contributed by atoms with van der Waals surface area (Å²) in [5.74, 6) is 1.24. The second kappa shape index (κ2) is 4.51. The lowest BCUT2D eigenvalue weighted by Gasteiger charge is -2.05. The van der Waals surface area contributed by atoms with Crippen LogP contribution in [0.15, 0.2) is 40.8 Å². The van der Waals surface area contributed by atoms with Gasteiger partial charge in [0.2, 0.25) is 0 Å². The number of hydrogen-bond donors (Lipinski definition) is 2. The van der Waals surface area contributed by atoms with Gasteiger partial charge in [-0.1, -0.05) is 18.2 Å². The monoisotopic (exact) mass is 218 g/mol. The predicted octanol–water partition coefficient (Wildman–Crippen LogP) is 2.49. The zero-order valence-corrected chi connectivity index (χ0v) is 9.05. The van der Waals surface area contributed by atoms with E-state index < -0.39 is 6.10 Å². The summed E-state index contributed by atoms with van der Waals surface area (Å²) in [4.78, 5) is 0. The third-order valence-corrected chi connectivity index (χ3v) is 2.47. The van der Waals surface area contributed by atoms with E-state index in [1.807, 2.05) is 30.3 Å².